The number of carbonyl (C=O) groups excluding carboxylic acids is 1. The number of anilines is 1. The molecule has 27 heavy (non-hydrogen) atoms. The zero-order valence-electron chi connectivity index (χ0n) is 15.3. The van der Waals surface area contributed by atoms with Crippen LogP contribution in [0.2, 0.25) is 0 Å². The second-order valence-corrected chi connectivity index (χ2v) is 8.22. The smallest absolute Gasteiger partial charge is 0.261 e. The zero-order chi connectivity index (χ0) is 19.4. The molecule has 1 aromatic heterocycles. The molecule has 3 rings (SSSR count). The third kappa shape index (κ3) is 4.47. The maximum atomic E-state index is 14.1. The Hall–Kier alpha value is -1.58. The van der Waals surface area contributed by atoms with Crippen molar-refractivity contribution in [2.24, 2.45) is 0 Å². The summed E-state index contributed by atoms with van der Waals surface area (Å²) in [4.78, 5) is 21.7. The fraction of sp³-hybridized carbons (Fsp3) is 0.300. The second kappa shape index (κ2) is 9.07. The Morgan fingerprint density at radius 1 is 1.11 bits per heavy atom. The summed E-state index contributed by atoms with van der Waals surface area (Å²) in [6, 6.07) is 12.4. The first-order valence-corrected chi connectivity index (χ1v) is 10.8. The van der Waals surface area contributed by atoms with Gasteiger partial charge in [0.25, 0.3) is 5.91 Å². The molecule has 0 fully saturated rings. The average molecular weight is 497 g/mol. The number of likely N-dealkylation sites (N-methyl/N-ethyl adjacent to an activating group) is 1. The SMILES string of the molecule is CCN(CC)CCN(C(=O)c1ccccc1I)c1nc2c(F)cccc2s1. The van der Waals surface area contributed by atoms with Crippen molar-refractivity contribution in [3.8, 4) is 0 Å². The van der Waals surface area contributed by atoms with Gasteiger partial charge in [-0.3, -0.25) is 9.69 Å². The highest BCUT2D eigenvalue weighted by molar-refractivity contribution is 14.1. The predicted molar refractivity (Wildman–Crippen MR) is 118 cm³/mol. The Morgan fingerprint density at radius 2 is 1.85 bits per heavy atom. The fourth-order valence-corrected chi connectivity index (χ4v) is 4.49. The molecular formula is C20H21FIN3OS. The molecule has 7 heteroatoms. The van der Waals surface area contributed by atoms with Gasteiger partial charge >= 0.3 is 0 Å². The van der Waals surface area contributed by atoms with Gasteiger partial charge in [-0.05, 0) is 59.9 Å². The molecule has 0 spiro atoms. The largest absolute Gasteiger partial charge is 0.302 e. The first-order valence-electron chi connectivity index (χ1n) is 8.89. The molecule has 2 aromatic carbocycles. The van der Waals surface area contributed by atoms with Gasteiger partial charge in [0.1, 0.15) is 11.3 Å². The van der Waals surface area contributed by atoms with E-state index in [0.717, 1.165) is 27.9 Å². The first-order chi connectivity index (χ1) is 13.0. The summed E-state index contributed by atoms with van der Waals surface area (Å²) in [6.45, 7) is 7.27. The Balaban J connectivity index is 1.99. The number of hydrogen-bond donors (Lipinski definition) is 0. The number of carbonyl (C=O) groups is 1. The molecule has 1 heterocycles. The van der Waals surface area contributed by atoms with Crippen LogP contribution in [-0.2, 0) is 0 Å². The van der Waals surface area contributed by atoms with E-state index in [2.05, 4.69) is 46.3 Å². The molecule has 4 nitrogen and oxygen atoms in total. The molecule has 142 valence electrons. The van der Waals surface area contributed by atoms with Crippen molar-refractivity contribution in [2.45, 2.75) is 13.8 Å². The fourth-order valence-electron chi connectivity index (χ4n) is 2.86. The highest BCUT2D eigenvalue weighted by atomic mass is 127. The van der Waals surface area contributed by atoms with Gasteiger partial charge in [0.05, 0.1) is 10.3 Å². The number of hydrogen-bond acceptors (Lipinski definition) is 4. The molecule has 0 radical (unpaired) electrons. The van der Waals surface area contributed by atoms with Crippen LogP contribution < -0.4 is 4.90 Å². The summed E-state index contributed by atoms with van der Waals surface area (Å²) >= 11 is 3.52. The Labute approximate surface area is 176 Å². The summed E-state index contributed by atoms with van der Waals surface area (Å²) in [5.41, 5.74) is 0.957. The second-order valence-electron chi connectivity index (χ2n) is 6.05. The molecule has 0 atom stereocenters. The number of fused-ring (bicyclic) bond motifs is 1. The number of para-hydroxylation sites is 1. The lowest BCUT2D eigenvalue weighted by atomic mass is 10.2. The number of amides is 1. The van der Waals surface area contributed by atoms with Gasteiger partial charge in [0.2, 0.25) is 0 Å². The maximum absolute atomic E-state index is 14.1. The lowest BCUT2D eigenvalue weighted by Crippen LogP contribution is -2.39. The van der Waals surface area contributed by atoms with Gasteiger partial charge in [-0.25, -0.2) is 9.37 Å². The molecule has 0 aliphatic heterocycles. The third-order valence-corrected chi connectivity index (χ3v) is 6.46. The highest BCUT2D eigenvalue weighted by Gasteiger charge is 2.23. The van der Waals surface area contributed by atoms with Crippen LogP contribution in [0.1, 0.15) is 24.2 Å². The van der Waals surface area contributed by atoms with Crippen molar-refractivity contribution in [1.82, 2.24) is 9.88 Å². The number of thiazole rings is 1. The summed E-state index contributed by atoms with van der Waals surface area (Å²) in [7, 11) is 0. The van der Waals surface area contributed by atoms with E-state index in [0.29, 0.717) is 22.8 Å². The Morgan fingerprint density at radius 3 is 2.52 bits per heavy atom. The molecule has 0 aliphatic rings. The van der Waals surface area contributed by atoms with Crippen molar-refractivity contribution in [1.29, 1.82) is 0 Å². The molecule has 0 N–H and O–H groups in total. The van der Waals surface area contributed by atoms with Gasteiger partial charge < -0.3 is 4.90 Å². The minimum Gasteiger partial charge on any atom is -0.302 e. The van der Waals surface area contributed by atoms with Crippen LogP contribution in [0.3, 0.4) is 0 Å². The zero-order valence-corrected chi connectivity index (χ0v) is 18.3. The minimum atomic E-state index is -0.361. The Kier molecular flexibility index (Phi) is 6.78. The van der Waals surface area contributed by atoms with Crippen molar-refractivity contribution < 1.29 is 9.18 Å². The lowest BCUT2D eigenvalue weighted by molar-refractivity contribution is 0.0983. The topological polar surface area (TPSA) is 36.4 Å². The van der Waals surface area contributed by atoms with Crippen molar-refractivity contribution in [2.75, 3.05) is 31.1 Å². The van der Waals surface area contributed by atoms with Crippen molar-refractivity contribution in [3.63, 3.8) is 0 Å². The summed E-state index contributed by atoms with van der Waals surface area (Å²) in [6.07, 6.45) is 0. The summed E-state index contributed by atoms with van der Waals surface area (Å²) in [5, 5.41) is 0.534. The third-order valence-electron chi connectivity index (χ3n) is 4.47. The van der Waals surface area contributed by atoms with E-state index in [4.69, 9.17) is 0 Å². The highest BCUT2D eigenvalue weighted by Crippen LogP contribution is 2.31. The van der Waals surface area contributed by atoms with Crippen LogP contribution in [0.4, 0.5) is 9.52 Å². The molecule has 0 saturated heterocycles. The number of benzene rings is 2. The van der Waals surface area contributed by atoms with Gasteiger partial charge in [0, 0.05) is 16.7 Å². The van der Waals surface area contributed by atoms with Crippen LogP contribution in [0.25, 0.3) is 10.2 Å². The van der Waals surface area contributed by atoms with Gasteiger partial charge in [-0.15, -0.1) is 0 Å². The number of aromatic nitrogens is 1. The molecular weight excluding hydrogens is 476 g/mol. The number of rotatable bonds is 7. The maximum Gasteiger partial charge on any atom is 0.261 e. The van der Waals surface area contributed by atoms with E-state index in [1.165, 1.54) is 17.4 Å². The van der Waals surface area contributed by atoms with Crippen molar-refractivity contribution >= 4 is 55.2 Å². The number of halogens is 2. The monoisotopic (exact) mass is 497 g/mol. The van der Waals surface area contributed by atoms with Crippen LogP contribution in [0.15, 0.2) is 42.5 Å². The quantitative estimate of drug-likeness (QED) is 0.430. The number of nitrogens with zero attached hydrogens (tertiary/aromatic N) is 3. The first kappa shape index (κ1) is 20.2. The molecule has 0 aliphatic carbocycles. The molecule has 1 amide bonds. The van der Waals surface area contributed by atoms with Crippen LogP contribution in [0.5, 0.6) is 0 Å². The van der Waals surface area contributed by atoms with Crippen molar-refractivity contribution in [3.05, 3.63) is 57.4 Å². The van der Waals surface area contributed by atoms with E-state index in [1.807, 2.05) is 30.3 Å². The van der Waals surface area contributed by atoms with Gasteiger partial charge in [-0.2, -0.15) is 0 Å². The molecule has 0 bridgehead atoms. The van der Waals surface area contributed by atoms with E-state index in [-0.39, 0.29) is 11.7 Å². The van der Waals surface area contributed by atoms with E-state index < -0.39 is 0 Å². The van der Waals surface area contributed by atoms with Gasteiger partial charge in [-0.1, -0.05) is 43.4 Å². The van der Waals surface area contributed by atoms with E-state index in [9.17, 15) is 9.18 Å². The summed E-state index contributed by atoms with van der Waals surface area (Å²) < 4.78 is 15.7. The standard InChI is InChI=1S/C20H21FIN3OS/c1-3-24(4-2)12-13-25(19(26)14-8-5-6-10-16(14)22)20-23-18-15(21)9-7-11-17(18)27-20/h5-11H,3-4,12-13H2,1-2H3. The van der Waals surface area contributed by atoms with E-state index in [1.54, 1.807) is 11.0 Å². The van der Waals surface area contributed by atoms with E-state index >= 15 is 0 Å². The Bertz CT molecular complexity index is 942. The molecule has 0 saturated carbocycles. The van der Waals surface area contributed by atoms with Crippen LogP contribution in [-0.4, -0.2) is 42.0 Å². The van der Waals surface area contributed by atoms with Crippen LogP contribution >= 0.6 is 33.9 Å². The molecule has 3 aromatic rings. The van der Waals surface area contributed by atoms with Crippen LogP contribution in [0, 0.1) is 9.39 Å². The lowest BCUT2D eigenvalue weighted by Gasteiger charge is -2.25. The predicted octanol–water partition coefficient (Wildman–Crippen LogP) is 5.03. The average Bonchev–Trinajstić information content (AvgIpc) is 3.10. The minimum absolute atomic E-state index is 0.105. The van der Waals surface area contributed by atoms with Gasteiger partial charge in [0.15, 0.2) is 5.13 Å². The molecule has 0 unspecified atom stereocenters. The summed E-state index contributed by atoms with van der Waals surface area (Å²) in [5.74, 6) is -0.466. The normalized spacial score (nSPS) is 11.3.